The number of unbranched alkanes of at least 4 members (excludes halogenated alkanes) is 3. The monoisotopic (exact) mass is 304 g/mol. The second-order valence-electron chi connectivity index (χ2n) is 4.58. The molecular formula is C12H25KO4S. The Morgan fingerprint density at radius 2 is 1.50 bits per heavy atom. The fourth-order valence-electron chi connectivity index (χ4n) is 1.86. The minimum Gasteiger partial charge on any atom is -0.748 e. The van der Waals surface area contributed by atoms with E-state index >= 15 is 0 Å². The maximum Gasteiger partial charge on any atom is 1.00 e. The van der Waals surface area contributed by atoms with E-state index in [0.717, 1.165) is 38.5 Å². The van der Waals surface area contributed by atoms with Crippen molar-refractivity contribution < 1.29 is 69.5 Å². The third kappa shape index (κ3) is 11.3. The van der Waals surface area contributed by atoms with Gasteiger partial charge in [-0.05, 0) is 25.7 Å². The van der Waals surface area contributed by atoms with Crippen molar-refractivity contribution in [2.24, 2.45) is 0 Å². The van der Waals surface area contributed by atoms with Gasteiger partial charge in [0.25, 0.3) is 0 Å². The molecule has 2 unspecified atom stereocenters. The molecule has 0 rings (SSSR count). The zero-order valence-corrected chi connectivity index (χ0v) is 15.8. The quantitative estimate of drug-likeness (QED) is 0.333. The Morgan fingerprint density at radius 1 is 1.00 bits per heavy atom. The SMILES string of the molecule is CCC(O)CCCCCCC(CC)S(=O)(=O)[O-].[K+]. The van der Waals surface area contributed by atoms with E-state index in [-0.39, 0.29) is 57.5 Å². The molecule has 0 heterocycles. The van der Waals surface area contributed by atoms with E-state index in [1.165, 1.54) is 0 Å². The summed E-state index contributed by atoms with van der Waals surface area (Å²) in [6, 6.07) is 0. The Morgan fingerprint density at radius 3 is 1.89 bits per heavy atom. The average Bonchev–Trinajstić information content (AvgIpc) is 2.25. The van der Waals surface area contributed by atoms with Gasteiger partial charge in [-0.1, -0.05) is 39.5 Å². The number of hydrogen-bond donors (Lipinski definition) is 1. The van der Waals surface area contributed by atoms with Gasteiger partial charge in [-0.15, -0.1) is 0 Å². The van der Waals surface area contributed by atoms with Crippen LogP contribution in [0.15, 0.2) is 0 Å². The number of aliphatic hydroxyl groups excluding tert-OH is 1. The molecule has 0 spiro atoms. The summed E-state index contributed by atoms with van der Waals surface area (Å²) in [4.78, 5) is 0. The van der Waals surface area contributed by atoms with Gasteiger partial charge < -0.3 is 9.66 Å². The number of rotatable bonds is 10. The Hall–Kier alpha value is 1.51. The van der Waals surface area contributed by atoms with Gasteiger partial charge in [-0.3, -0.25) is 0 Å². The first-order valence-electron chi connectivity index (χ1n) is 6.54. The summed E-state index contributed by atoms with van der Waals surface area (Å²) in [7, 11) is -4.12. The van der Waals surface area contributed by atoms with E-state index in [1.807, 2.05) is 6.92 Å². The van der Waals surface area contributed by atoms with Gasteiger partial charge in [0.2, 0.25) is 0 Å². The van der Waals surface area contributed by atoms with Crippen molar-refractivity contribution >= 4 is 10.1 Å². The van der Waals surface area contributed by atoms with Crippen molar-refractivity contribution in [1.82, 2.24) is 0 Å². The summed E-state index contributed by atoms with van der Waals surface area (Å²) >= 11 is 0. The molecule has 0 saturated carbocycles. The topological polar surface area (TPSA) is 77.4 Å². The summed E-state index contributed by atoms with van der Waals surface area (Å²) in [5.74, 6) is 0. The first-order chi connectivity index (χ1) is 7.91. The number of aliphatic hydroxyl groups is 1. The predicted octanol–water partition coefficient (Wildman–Crippen LogP) is -0.574. The average molecular weight is 304 g/mol. The summed E-state index contributed by atoms with van der Waals surface area (Å²) in [5, 5.41) is 8.61. The summed E-state index contributed by atoms with van der Waals surface area (Å²) < 4.78 is 32.5. The van der Waals surface area contributed by atoms with Gasteiger partial charge in [0.15, 0.2) is 0 Å². The zero-order valence-electron chi connectivity index (χ0n) is 11.9. The molecule has 0 aliphatic rings. The maximum atomic E-state index is 10.8. The molecule has 0 aliphatic heterocycles. The second-order valence-corrected chi connectivity index (χ2v) is 6.23. The molecule has 0 fully saturated rings. The largest absolute Gasteiger partial charge is 1.00 e. The molecule has 0 aromatic carbocycles. The van der Waals surface area contributed by atoms with Gasteiger partial charge in [0.05, 0.1) is 16.2 Å². The van der Waals surface area contributed by atoms with Gasteiger partial charge in [0, 0.05) is 5.25 Å². The van der Waals surface area contributed by atoms with Crippen LogP contribution in [0.4, 0.5) is 0 Å². The first-order valence-corrected chi connectivity index (χ1v) is 8.01. The molecular weight excluding hydrogens is 279 g/mol. The van der Waals surface area contributed by atoms with Gasteiger partial charge >= 0.3 is 51.4 Å². The summed E-state index contributed by atoms with van der Waals surface area (Å²) in [6.07, 6.45) is 5.94. The zero-order chi connectivity index (χ0) is 13.3. The molecule has 18 heavy (non-hydrogen) atoms. The Bertz CT molecular complexity index is 280. The van der Waals surface area contributed by atoms with Crippen molar-refractivity contribution in [2.75, 3.05) is 0 Å². The van der Waals surface area contributed by atoms with Crippen molar-refractivity contribution in [1.29, 1.82) is 0 Å². The standard InChI is InChI=1S/C12H26O4S.K/c1-3-11(13)9-7-5-6-8-10-12(4-2)17(14,15)16;/h11-13H,3-10H2,1-2H3,(H,14,15,16);/q;+1/p-1. The molecule has 0 bridgehead atoms. The van der Waals surface area contributed by atoms with E-state index in [4.69, 9.17) is 0 Å². The van der Waals surface area contributed by atoms with Crippen LogP contribution in [0.1, 0.15) is 65.2 Å². The molecule has 6 heteroatoms. The van der Waals surface area contributed by atoms with Gasteiger partial charge in [-0.25, -0.2) is 8.42 Å². The molecule has 0 aromatic rings. The summed E-state index contributed by atoms with van der Waals surface area (Å²) in [5.41, 5.74) is 0. The van der Waals surface area contributed by atoms with Crippen LogP contribution in [0, 0.1) is 0 Å². The van der Waals surface area contributed by atoms with E-state index in [1.54, 1.807) is 6.92 Å². The van der Waals surface area contributed by atoms with Crippen LogP contribution in [0.5, 0.6) is 0 Å². The minimum absolute atomic E-state index is 0. The maximum absolute atomic E-state index is 10.8. The molecule has 4 nitrogen and oxygen atoms in total. The fourth-order valence-corrected chi connectivity index (χ4v) is 2.73. The van der Waals surface area contributed by atoms with Crippen molar-refractivity contribution in [3.8, 4) is 0 Å². The van der Waals surface area contributed by atoms with E-state index in [0.29, 0.717) is 12.8 Å². The van der Waals surface area contributed by atoms with E-state index < -0.39 is 15.4 Å². The molecule has 0 amide bonds. The first kappa shape index (κ1) is 21.8. The Labute approximate surface area is 154 Å². The van der Waals surface area contributed by atoms with Gasteiger partial charge in [0.1, 0.15) is 0 Å². The normalized spacial score (nSPS) is 14.9. The van der Waals surface area contributed by atoms with Crippen LogP contribution in [-0.4, -0.2) is 29.4 Å². The molecule has 104 valence electrons. The molecule has 2 atom stereocenters. The molecule has 1 N–H and O–H groups in total. The van der Waals surface area contributed by atoms with Crippen molar-refractivity contribution in [2.45, 2.75) is 76.6 Å². The number of hydrogen-bond acceptors (Lipinski definition) is 4. The van der Waals surface area contributed by atoms with Crippen LogP contribution in [-0.2, 0) is 10.1 Å². The molecule has 0 aromatic heterocycles. The third-order valence-electron chi connectivity index (χ3n) is 3.15. The smallest absolute Gasteiger partial charge is 0.748 e. The summed E-state index contributed by atoms with van der Waals surface area (Å²) in [6.45, 7) is 3.69. The van der Waals surface area contributed by atoms with Crippen molar-refractivity contribution in [3.05, 3.63) is 0 Å². The minimum atomic E-state index is -4.12. The third-order valence-corrected chi connectivity index (χ3v) is 4.53. The van der Waals surface area contributed by atoms with Crippen LogP contribution in [0.2, 0.25) is 0 Å². The molecule has 0 saturated heterocycles. The van der Waals surface area contributed by atoms with Crippen LogP contribution >= 0.6 is 0 Å². The van der Waals surface area contributed by atoms with E-state index in [9.17, 15) is 18.1 Å². The van der Waals surface area contributed by atoms with E-state index in [2.05, 4.69) is 0 Å². The Balaban J connectivity index is 0. The van der Waals surface area contributed by atoms with Gasteiger partial charge in [-0.2, -0.15) is 0 Å². The van der Waals surface area contributed by atoms with Crippen LogP contribution in [0.3, 0.4) is 0 Å². The molecule has 0 aliphatic carbocycles. The van der Waals surface area contributed by atoms with Crippen LogP contribution in [0.25, 0.3) is 0 Å². The second kappa shape index (κ2) is 12.3. The molecule has 0 radical (unpaired) electrons. The fraction of sp³-hybridized carbons (Fsp3) is 1.00. The van der Waals surface area contributed by atoms with Crippen LogP contribution < -0.4 is 51.4 Å². The predicted molar refractivity (Wildman–Crippen MR) is 67.8 cm³/mol. The van der Waals surface area contributed by atoms with Crippen molar-refractivity contribution in [3.63, 3.8) is 0 Å². The Kier molecular flexibility index (Phi) is 14.9.